The van der Waals surface area contributed by atoms with Crippen molar-refractivity contribution in [1.82, 2.24) is 14.9 Å². The maximum absolute atomic E-state index is 11.3. The van der Waals surface area contributed by atoms with Crippen molar-refractivity contribution in [3.05, 3.63) is 69.2 Å². The largest absolute Gasteiger partial charge is 0.493 e. The molecule has 174 valence electrons. The number of hydrogen-bond donors (Lipinski definition) is 1. The van der Waals surface area contributed by atoms with Crippen LogP contribution in [0.25, 0.3) is 22.7 Å². The van der Waals surface area contributed by atoms with E-state index in [9.17, 15) is 10.1 Å². The fraction of sp³-hybridized carbons (Fsp3) is 0.136. The molecule has 0 amide bonds. The highest BCUT2D eigenvalue weighted by molar-refractivity contribution is 7.71. The van der Waals surface area contributed by atoms with Crippen molar-refractivity contribution in [2.75, 3.05) is 21.3 Å². The molecule has 0 radical (unpaired) electrons. The Labute approximate surface area is 198 Å². The molecule has 0 spiro atoms. The predicted octanol–water partition coefficient (Wildman–Crippen LogP) is 4.68. The molecule has 0 aliphatic heterocycles. The van der Waals surface area contributed by atoms with E-state index < -0.39 is 4.92 Å². The predicted molar refractivity (Wildman–Crippen MR) is 126 cm³/mol. The molecule has 1 N–H and O–H groups in total. The Kier molecular flexibility index (Phi) is 6.41. The number of nitro benzene ring substituents is 1. The van der Waals surface area contributed by atoms with Crippen molar-refractivity contribution in [1.29, 1.82) is 0 Å². The Bertz CT molecular complexity index is 1410. The quantitative estimate of drug-likeness (QED) is 0.166. The molecule has 11 nitrogen and oxygen atoms in total. The van der Waals surface area contributed by atoms with E-state index in [2.05, 4.69) is 15.3 Å². The second kappa shape index (κ2) is 9.58. The van der Waals surface area contributed by atoms with Gasteiger partial charge in [-0.1, -0.05) is 12.1 Å². The Morgan fingerprint density at radius 3 is 2.47 bits per heavy atom. The summed E-state index contributed by atoms with van der Waals surface area (Å²) >= 11 is 5.33. The minimum Gasteiger partial charge on any atom is -0.493 e. The Morgan fingerprint density at radius 1 is 1.12 bits per heavy atom. The normalized spacial score (nSPS) is 11.0. The standard InChI is InChI=1S/C22H19N5O6S/c1-30-18-10-13(11-19(31-2)20(18)32-3)21-24-25-22(34)26(21)23-12-14-8-9-17(33-14)15-6-4-5-7-16(15)27(28)29/h4-12H,1-3H3,(H,25,34). The lowest BCUT2D eigenvalue weighted by Gasteiger charge is -2.13. The van der Waals surface area contributed by atoms with E-state index in [1.54, 1.807) is 42.5 Å². The van der Waals surface area contributed by atoms with Crippen molar-refractivity contribution < 1.29 is 23.6 Å². The van der Waals surface area contributed by atoms with E-state index in [0.717, 1.165) is 0 Å². The molecule has 0 saturated carbocycles. The lowest BCUT2D eigenvalue weighted by molar-refractivity contribution is -0.384. The second-order valence-corrected chi connectivity index (χ2v) is 7.19. The van der Waals surface area contributed by atoms with E-state index in [1.165, 1.54) is 38.3 Å². The minimum atomic E-state index is -0.458. The van der Waals surface area contributed by atoms with Crippen LogP contribution in [0.2, 0.25) is 0 Å². The number of methoxy groups -OCH3 is 3. The molecule has 0 aliphatic carbocycles. The molecule has 34 heavy (non-hydrogen) atoms. The van der Waals surface area contributed by atoms with E-state index >= 15 is 0 Å². The number of furan rings is 1. The van der Waals surface area contributed by atoms with Gasteiger partial charge in [-0.15, -0.1) is 0 Å². The van der Waals surface area contributed by atoms with Gasteiger partial charge in [0.25, 0.3) is 5.69 Å². The molecule has 4 aromatic rings. The number of para-hydroxylation sites is 1. The zero-order valence-corrected chi connectivity index (χ0v) is 19.2. The second-order valence-electron chi connectivity index (χ2n) is 6.80. The number of benzene rings is 2. The molecule has 0 aliphatic rings. The fourth-order valence-electron chi connectivity index (χ4n) is 3.32. The number of aromatic amines is 1. The Hall–Kier alpha value is -4.45. The van der Waals surface area contributed by atoms with Crippen molar-refractivity contribution in [2.45, 2.75) is 0 Å². The van der Waals surface area contributed by atoms with Gasteiger partial charge in [0.05, 0.1) is 38.0 Å². The number of rotatable bonds is 8. The summed E-state index contributed by atoms with van der Waals surface area (Å²) in [4.78, 5) is 10.9. The summed E-state index contributed by atoms with van der Waals surface area (Å²) in [6.45, 7) is 0. The van der Waals surface area contributed by atoms with Gasteiger partial charge in [-0.25, -0.2) is 5.10 Å². The molecule has 0 unspecified atom stereocenters. The summed E-state index contributed by atoms with van der Waals surface area (Å²) in [5.41, 5.74) is 0.923. The first kappa shape index (κ1) is 22.7. The molecular formula is C22H19N5O6S. The van der Waals surface area contributed by atoms with E-state index in [4.69, 9.17) is 30.8 Å². The average Bonchev–Trinajstić information content (AvgIpc) is 3.48. The first-order valence-corrected chi connectivity index (χ1v) is 10.2. The van der Waals surface area contributed by atoms with E-state index in [1.807, 2.05) is 0 Å². The third kappa shape index (κ3) is 4.26. The summed E-state index contributed by atoms with van der Waals surface area (Å²) in [5.74, 6) is 2.44. The molecule has 2 heterocycles. The zero-order valence-electron chi connectivity index (χ0n) is 18.3. The van der Waals surface area contributed by atoms with Gasteiger partial charge in [-0.05, 0) is 42.5 Å². The van der Waals surface area contributed by atoms with Crippen LogP contribution >= 0.6 is 12.2 Å². The number of H-pyrrole nitrogens is 1. The average molecular weight is 481 g/mol. The molecule has 12 heteroatoms. The lowest BCUT2D eigenvalue weighted by Crippen LogP contribution is -1.98. The maximum Gasteiger partial charge on any atom is 0.280 e. The van der Waals surface area contributed by atoms with Gasteiger partial charge in [0.1, 0.15) is 11.5 Å². The first-order chi connectivity index (χ1) is 16.5. The van der Waals surface area contributed by atoms with Crippen LogP contribution in [0.4, 0.5) is 5.69 Å². The van der Waals surface area contributed by atoms with Gasteiger partial charge in [-0.3, -0.25) is 10.1 Å². The molecule has 0 fully saturated rings. The van der Waals surface area contributed by atoms with Crippen LogP contribution in [0.5, 0.6) is 17.2 Å². The minimum absolute atomic E-state index is 0.0536. The SMILES string of the molecule is COc1cc(-c2n[nH]c(=S)n2N=Cc2ccc(-c3ccccc3[N+](=O)[O-])o2)cc(OC)c1OC. The number of nitrogens with one attached hydrogen (secondary N) is 1. The first-order valence-electron chi connectivity index (χ1n) is 9.82. The Balaban J connectivity index is 1.70. The molecule has 0 saturated heterocycles. The maximum atomic E-state index is 11.3. The third-order valence-corrected chi connectivity index (χ3v) is 5.13. The summed E-state index contributed by atoms with van der Waals surface area (Å²) in [6, 6.07) is 13.1. The van der Waals surface area contributed by atoms with E-state index in [0.29, 0.717) is 45.7 Å². The molecule has 0 bridgehead atoms. The number of nitrogens with zero attached hydrogens (tertiary/aromatic N) is 4. The number of nitro groups is 1. The fourth-order valence-corrected chi connectivity index (χ4v) is 3.50. The van der Waals surface area contributed by atoms with Crippen LogP contribution < -0.4 is 14.2 Å². The van der Waals surface area contributed by atoms with Gasteiger partial charge in [0.2, 0.25) is 10.5 Å². The molecule has 0 atom stereocenters. The van der Waals surface area contributed by atoms with Crippen LogP contribution in [-0.2, 0) is 0 Å². The molecular weight excluding hydrogens is 462 g/mol. The van der Waals surface area contributed by atoms with Crippen LogP contribution in [0.3, 0.4) is 0 Å². The van der Waals surface area contributed by atoms with E-state index in [-0.39, 0.29) is 10.5 Å². The molecule has 2 aromatic heterocycles. The molecule has 4 rings (SSSR count). The van der Waals surface area contributed by atoms with Crippen molar-refractivity contribution >= 4 is 24.1 Å². The highest BCUT2D eigenvalue weighted by Gasteiger charge is 2.19. The topological polar surface area (TPSA) is 130 Å². The third-order valence-electron chi connectivity index (χ3n) is 4.87. The smallest absolute Gasteiger partial charge is 0.280 e. The Morgan fingerprint density at radius 2 is 1.82 bits per heavy atom. The van der Waals surface area contributed by atoms with Crippen LogP contribution in [0.15, 0.2) is 58.0 Å². The van der Waals surface area contributed by atoms with Crippen LogP contribution in [-0.4, -0.2) is 47.3 Å². The summed E-state index contributed by atoms with van der Waals surface area (Å²) < 4.78 is 23.6. The van der Waals surface area contributed by atoms with Gasteiger partial charge in [0.15, 0.2) is 17.3 Å². The van der Waals surface area contributed by atoms with Gasteiger partial charge >= 0.3 is 0 Å². The van der Waals surface area contributed by atoms with Gasteiger partial charge in [-0.2, -0.15) is 14.9 Å². The van der Waals surface area contributed by atoms with Crippen LogP contribution in [0, 0.1) is 14.9 Å². The highest BCUT2D eigenvalue weighted by Crippen LogP contribution is 2.40. The summed E-state index contributed by atoms with van der Waals surface area (Å²) in [7, 11) is 4.55. The highest BCUT2D eigenvalue weighted by atomic mass is 32.1. The van der Waals surface area contributed by atoms with Gasteiger partial charge in [0, 0.05) is 11.6 Å². The van der Waals surface area contributed by atoms with Crippen LogP contribution in [0.1, 0.15) is 5.76 Å². The van der Waals surface area contributed by atoms with Crippen molar-refractivity contribution in [2.24, 2.45) is 5.10 Å². The number of ether oxygens (including phenoxy) is 3. The van der Waals surface area contributed by atoms with Gasteiger partial charge < -0.3 is 18.6 Å². The number of aromatic nitrogens is 3. The zero-order chi connectivity index (χ0) is 24.2. The number of hydrogen-bond acceptors (Lipinski definition) is 9. The lowest BCUT2D eigenvalue weighted by atomic mass is 10.1. The monoisotopic (exact) mass is 481 g/mol. The van der Waals surface area contributed by atoms with Crippen molar-refractivity contribution in [3.8, 4) is 40.0 Å². The molecule has 2 aromatic carbocycles. The van der Waals surface area contributed by atoms with Crippen molar-refractivity contribution in [3.63, 3.8) is 0 Å². The summed E-state index contributed by atoms with van der Waals surface area (Å²) in [5, 5.41) is 22.7. The summed E-state index contributed by atoms with van der Waals surface area (Å²) in [6.07, 6.45) is 1.44.